The van der Waals surface area contributed by atoms with Gasteiger partial charge in [-0.15, -0.1) is 0 Å². The molecule has 0 amide bonds. The normalized spacial score (nSPS) is 25.1. The van der Waals surface area contributed by atoms with Gasteiger partial charge in [-0.25, -0.2) is 0 Å². The van der Waals surface area contributed by atoms with Gasteiger partial charge in [0, 0.05) is 12.1 Å². The Morgan fingerprint density at radius 2 is 1.65 bits per heavy atom. The van der Waals surface area contributed by atoms with Gasteiger partial charge in [-0.3, -0.25) is 4.90 Å². The number of hydrogen-bond donors (Lipinski definition) is 1. The zero-order valence-electron chi connectivity index (χ0n) is 15.1. The monoisotopic (exact) mass is 317 g/mol. The summed E-state index contributed by atoms with van der Waals surface area (Å²) in [6, 6.07) is 11.4. The maximum Gasteiger partial charge on any atom is 0.0713 e. The van der Waals surface area contributed by atoms with E-state index in [0.717, 1.165) is 12.8 Å². The van der Waals surface area contributed by atoms with Gasteiger partial charge in [-0.2, -0.15) is 0 Å². The van der Waals surface area contributed by atoms with Crippen LogP contribution in [0.5, 0.6) is 0 Å². The van der Waals surface area contributed by atoms with Crippen LogP contribution >= 0.6 is 0 Å². The topological polar surface area (TPSA) is 23.5 Å². The van der Waals surface area contributed by atoms with Crippen LogP contribution in [-0.4, -0.2) is 35.2 Å². The molecular formula is C21H35NO. The van der Waals surface area contributed by atoms with Crippen LogP contribution in [0.15, 0.2) is 30.3 Å². The minimum Gasteiger partial charge on any atom is -0.391 e. The first-order chi connectivity index (χ1) is 11.2. The van der Waals surface area contributed by atoms with E-state index < -0.39 is 0 Å². The van der Waals surface area contributed by atoms with Crippen LogP contribution in [0.4, 0.5) is 0 Å². The third-order valence-corrected chi connectivity index (χ3v) is 5.49. The minimum absolute atomic E-state index is 0.172. The first kappa shape index (κ1) is 18.5. The second-order valence-corrected chi connectivity index (χ2v) is 7.29. The highest BCUT2D eigenvalue weighted by Crippen LogP contribution is 2.29. The SMILES string of the molecule is CCCCCCCCC[C@H]1C[C@@H](O)[C@@H](Cc2ccccc2)N1C. The summed E-state index contributed by atoms with van der Waals surface area (Å²) in [5.41, 5.74) is 1.33. The van der Waals surface area contributed by atoms with Gasteiger partial charge in [0.25, 0.3) is 0 Å². The molecule has 130 valence electrons. The van der Waals surface area contributed by atoms with Crippen LogP contribution in [-0.2, 0) is 6.42 Å². The predicted octanol–water partition coefficient (Wildman–Crippen LogP) is 4.80. The van der Waals surface area contributed by atoms with Gasteiger partial charge >= 0.3 is 0 Å². The molecule has 1 aromatic rings. The molecule has 0 saturated carbocycles. The standard InChI is InChI=1S/C21H35NO/c1-3-4-5-6-7-8-12-15-19-17-21(23)20(22(19)2)16-18-13-10-9-11-14-18/h9-11,13-14,19-21,23H,3-8,12,15-17H2,1-2H3/t19-,20+,21+/m0/s1. The molecule has 1 aromatic carbocycles. The summed E-state index contributed by atoms with van der Waals surface area (Å²) in [5.74, 6) is 0. The molecule has 0 aromatic heterocycles. The average molecular weight is 318 g/mol. The first-order valence-corrected chi connectivity index (χ1v) is 9.66. The maximum atomic E-state index is 10.4. The predicted molar refractivity (Wildman–Crippen MR) is 98.7 cm³/mol. The van der Waals surface area contributed by atoms with E-state index in [1.54, 1.807) is 0 Å². The van der Waals surface area contributed by atoms with E-state index in [2.05, 4.69) is 49.2 Å². The van der Waals surface area contributed by atoms with Crippen LogP contribution in [0.3, 0.4) is 0 Å². The molecule has 1 saturated heterocycles. The highest BCUT2D eigenvalue weighted by atomic mass is 16.3. The van der Waals surface area contributed by atoms with Crippen LogP contribution in [0.2, 0.25) is 0 Å². The summed E-state index contributed by atoms with van der Waals surface area (Å²) in [7, 11) is 2.20. The van der Waals surface area contributed by atoms with E-state index in [9.17, 15) is 5.11 Å². The molecule has 23 heavy (non-hydrogen) atoms. The quantitative estimate of drug-likeness (QED) is 0.626. The lowest BCUT2D eigenvalue weighted by Gasteiger charge is -2.26. The number of likely N-dealkylation sites (N-methyl/N-ethyl adjacent to an activating group) is 1. The van der Waals surface area contributed by atoms with Crippen LogP contribution in [0.25, 0.3) is 0 Å². The van der Waals surface area contributed by atoms with Gasteiger partial charge in [0.1, 0.15) is 0 Å². The van der Waals surface area contributed by atoms with Crippen molar-refractivity contribution in [3.05, 3.63) is 35.9 Å². The molecule has 0 bridgehead atoms. The number of aliphatic hydroxyl groups excluding tert-OH is 1. The fourth-order valence-electron chi connectivity index (χ4n) is 3.94. The fourth-order valence-corrected chi connectivity index (χ4v) is 3.94. The summed E-state index contributed by atoms with van der Waals surface area (Å²) in [6.45, 7) is 2.27. The summed E-state index contributed by atoms with van der Waals surface area (Å²) < 4.78 is 0. The first-order valence-electron chi connectivity index (χ1n) is 9.66. The number of aliphatic hydroxyl groups is 1. The number of benzene rings is 1. The largest absolute Gasteiger partial charge is 0.391 e. The van der Waals surface area contributed by atoms with Gasteiger partial charge in [0.15, 0.2) is 0 Å². The number of unbranched alkanes of at least 4 members (excludes halogenated alkanes) is 6. The van der Waals surface area contributed by atoms with E-state index in [-0.39, 0.29) is 12.1 Å². The highest BCUT2D eigenvalue weighted by molar-refractivity contribution is 5.17. The Morgan fingerprint density at radius 1 is 1.00 bits per heavy atom. The van der Waals surface area contributed by atoms with Crippen molar-refractivity contribution in [2.24, 2.45) is 0 Å². The van der Waals surface area contributed by atoms with Crippen molar-refractivity contribution in [2.75, 3.05) is 7.05 Å². The van der Waals surface area contributed by atoms with Crippen LogP contribution < -0.4 is 0 Å². The molecule has 3 atom stereocenters. The molecular weight excluding hydrogens is 282 g/mol. The summed E-state index contributed by atoms with van der Waals surface area (Å²) in [5, 5.41) is 10.4. The zero-order chi connectivity index (χ0) is 16.5. The van der Waals surface area contributed by atoms with Crippen molar-refractivity contribution < 1.29 is 5.11 Å². The fraction of sp³-hybridized carbons (Fsp3) is 0.714. The third kappa shape index (κ3) is 5.93. The second kappa shape index (κ2) is 10.1. The van der Waals surface area contributed by atoms with E-state index in [1.807, 2.05) is 0 Å². The van der Waals surface area contributed by atoms with Crippen molar-refractivity contribution in [1.82, 2.24) is 4.90 Å². The Bertz CT molecular complexity index is 419. The molecule has 2 rings (SSSR count). The Hall–Kier alpha value is -0.860. The van der Waals surface area contributed by atoms with Crippen LogP contribution in [0.1, 0.15) is 70.3 Å². The Morgan fingerprint density at radius 3 is 2.35 bits per heavy atom. The molecule has 2 heteroatoms. The molecule has 1 aliphatic heterocycles. The molecule has 1 heterocycles. The van der Waals surface area contributed by atoms with Gasteiger partial charge in [-0.1, -0.05) is 82.2 Å². The summed E-state index contributed by atoms with van der Waals surface area (Å²) >= 11 is 0. The lowest BCUT2D eigenvalue weighted by atomic mass is 10.0. The Balaban J connectivity index is 1.69. The highest BCUT2D eigenvalue weighted by Gasteiger charge is 2.37. The smallest absolute Gasteiger partial charge is 0.0713 e. The summed E-state index contributed by atoms with van der Waals surface area (Å²) in [4.78, 5) is 2.44. The molecule has 0 radical (unpaired) electrons. The van der Waals surface area contributed by atoms with Crippen LogP contribution in [0, 0.1) is 0 Å². The number of nitrogens with zero attached hydrogens (tertiary/aromatic N) is 1. The molecule has 1 fully saturated rings. The number of hydrogen-bond acceptors (Lipinski definition) is 2. The molecule has 0 unspecified atom stereocenters. The summed E-state index contributed by atoms with van der Waals surface area (Å²) in [6.07, 6.45) is 12.5. The maximum absolute atomic E-state index is 10.4. The molecule has 2 nitrogen and oxygen atoms in total. The molecule has 0 aliphatic carbocycles. The lowest BCUT2D eigenvalue weighted by molar-refractivity contribution is 0.123. The molecule has 1 aliphatic rings. The van der Waals surface area contributed by atoms with Crippen molar-refractivity contribution in [2.45, 2.75) is 89.3 Å². The number of likely N-dealkylation sites (tertiary alicyclic amines) is 1. The van der Waals surface area contributed by atoms with Gasteiger partial charge < -0.3 is 5.11 Å². The van der Waals surface area contributed by atoms with E-state index >= 15 is 0 Å². The van der Waals surface area contributed by atoms with Crippen molar-refractivity contribution >= 4 is 0 Å². The minimum atomic E-state index is -0.172. The average Bonchev–Trinajstić information content (AvgIpc) is 2.83. The molecule has 0 spiro atoms. The number of rotatable bonds is 10. The van der Waals surface area contributed by atoms with E-state index in [4.69, 9.17) is 0 Å². The zero-order valence-corrected chi connectivity index (χ0v) is 15.1. The third-order valence-electron chi connectivity index (χ3n) is 5.49. The van der Waals surface area contributed by atoms with Gasteiger partial charge in [-0.05, 0) is 31.9 Å². The van der Waals surface area contributed by atoms with Crippen molar-refractivity contribution in [3.63, 3.8) is 0 Å². The lowest BCUT2D eigenvalue weighted by Crippen LogP contribution is -2.37. The molecule has 1 N–H and O–H groups in total. The second-order valence-electron chi connectivity index (χ2n) is 7.29. The van der Waals surface area contributed by atoms with E-state index in [0.29, 0.717) is 6.04 Å². The Kier molecular flexibility index (Phi) is 8.11. The van der Waals surface area contributed by atoms with Crippen molar-refractivity contribution in [3.8, 4) is 0 Å². The Labute approximate surface area is 142 Å². The van der Waals surface area contributed by atoms with Crippen molar-refractivity contribution in [1.29, 1.82) is 0 Å². The van der Waals surface area contributed by atoms with Gasteiger partial charge in [0.05, 0.1) is 6.10 Å². The van der Waals surface area contributed by atoms with E-state index in [1.165, 1.54) is 56.9 Å². The van der Waals surface area contributed by atoms with Gasteiger partial charge in [0.2, 0.25) is 0 Å².